The summed E-state index contributed by atoms with van der Waals surface area (Å²) < 4.78 is 10.8. The molecule has 104 valence electrons. The fraction of sp³-hybridized carbons (Fsp3) is 0.200. The fourth-order valence-electron chi connectivity index (χ4n) is 1.80. The first-order valence-electron chi connectivity index (χ1n) is 6.05. The SMILES string of the molecule is COc1ccc(C)cc1COc1cncc(C(=O)O)c1. The number of carboxylic acids is 1. The second-order valence-electron chi connectivity index (χ2n) is 4.32. The van der Waals surface area contributed by atoms with Crippen molar-refractivity contribution < 1.29 is 19.4 Å². The van der Waals surface area contributed by atoms with E-state index < -0.39 is 5.97 Å². The number of hydrogen-bond donors (Lipinski definition) is 1. The molecule has 0 fully saturated rings. The number of nitrogens with zero attached hydrogens (tertiary/aromatic N) is 1. The number of aromatic nitrogens is 1. The summed E-state index contributed by atoms with van der Waals surface area (Å²) in [6.07, 6.45) is 2.76. The first-order chi connectivity index (χ1) is 9.60. The predicted molar refractivity (Wildman–Crippen MR) is 73.3 cm³/mol. The van der Waals surface area contributed by atoms with Gasteiger partial charge in [-0.2, -0.15) is 0 Å². The average molecular weight is 273 g/mol. The van der Waals surface area contributed by atoms with Gasteiger partial charge < -0.3 is 14.6 Å². The Hall–Kier alpha value is -2.56. The molecule has 1 N–H and O–H groups in total. The molecular weight excluding hydrogens is 258 g/mol. The van der Waals surface area contributed by atoms with E-state index >= 15 is 0 Å². The van der Waals surface area contributed by atoms with Crippen LogP contribution in [0.2, 0.25) is 0 Å². The van der Waals surface area contributed by atoms with Crippen molar-refractivity contribution >= 4 is 5.97 Å². The molecule has 1 aromatic carbocycles. The molecule has 0 spiro atoms. The highest BCUT2D eigenvalue weighted by molar-refractivity contribution is 5.87. The molecule has 0 saturated heterocycles. The van der Waals surface area contributed by atoms with Crippen LogP contribution in [-0.4, -0.2) is 23.2 Å². The van der Waals surface area contributed by atoms with Gasteiger partial charge in [0.1, 0.15) is 18.1 Å². The summed E-state index contributed by atoms with van der Waals surface area (Å²) in [6.45, 7) is 2.27. The number of aromatic carboxylic acids is 1. The van der Waals surface area contributed by atoms with Crippen LogP contribution in [0.25, 0.3) is 0 Å². The van der Waals surface area contributed by atoms with Gasteiger partial charge in [-0.05, 0) is 25.1 Å². The molecule has 20 heavy (non-hydrogen) atoms. The number of hydrogen-bond acceptors (Lipinski definition) is 4. The molecule has 0 aliphatic rings. The number of carboxylic acid groups (broad SMARTS) is 1. The quantitative estimate of drug-likeness (QED) is 0.907. The Morgan fingerprint density at radius 2 is 2.10 bits per heavy atom. The molecule has 2 aromatic rings. The van der Waals surface area contributed by atoms with Crippen molar-refractivity contribution in [1.82, 2.24) is 4.98 Å². The van der Waals surface area contributed by atoms with Crippen LogP contribution < -0.4 is 9.47 Å². The van der Waals surface area contributed by atoms with Gasteiger partial charge in [-0.3, -0.25) is 4.98 Å². The zero-order valence-electron chi connectivity index (χ0n) is 11.3. The topological polar surface area (TPSA) is 68.7 Å². The van der Waals surface area contributed by atoms with Crippen molar-refractivity contribution in [3.63, 3.8) is 0 Å². The highest BCUT2D eigenvalue weighted by Crippen LogP contribution is 2.22. The summed E-state index contributed by atoms with van der Waals surface area (Å²) in [6, 6.07) is 7.24. The lowest BCUT2D eigenvalue weighted by atomic mass is 10.1. The molecule has 0 aliphatic heterocycles. The number of pyridine rings is 1. The maximum Gasteiger partial charge on any atom is 0.337 e. The highest BCUT2D eigenvalue weighted by Gasteiger charge is 2.07. The van der Waals surface area contributed by atoms with Gasteiger partial charge in [0.2, 0.25) is 0 Å². The third kappa shape index (κ3) is 3.26. The molecule has 0 unspecified atom stereocenters. The second kappa shape index (κ2) is 6.06. The van der Waals surface area contributed by atoms with Crippen LogP contribution in [-0.2, 0) is 6.61 Å². The first-order valence-corrected chi connectivity index (χ1v) is 6.05. The monoisotopic (exact) mass is 273 g/mol. The maximum absolute atomic E-state index is 10.9. The molecular formula is C15H15NO4. The first kappa shape index (κ1) is 13.9. The van der Waals surface area contributed by atoms with E-state index in [1.165, 1.54) is 18.5 Å². The summed E-state index contributed by atoms with van der Waals surface area (Å²) in [5.41, 5.74) is 2.09. The number of carbonyl (C=O) groups is 1. The summed E-state index contributed by atoms with van der Waals surface area (Å²) in [5, 5.41) is 8.90. The molecule has 5 nitrogen and oxygen atoms in total. The Bertz CT molecular complexity index is 625. The lowest BCUT2D eigenvalue weighted by Crippen LogP contribution is -2.02. The zero-order valence-corrected chi connectivity index (χ0v) is 11.3. The van der Waals surface area contributed by atoms with Crippen molar-refractivity contribution in [2.75, 3.05) is 7.11 Å². The van der Waals surface area contributed by atoms with E-state index in [1.807, 2.05) is 25.1 Å². The minimum atomic E-state index is -1.03. The Balaban J connectivity index is 2.14. The smallest absolute Gasteiger partial charge is 0.337 e. The standard InChI is InChI=1S/C15H15NO4/c1-10-3-4-14(19-2)12(5-10)9-20-13-6-11(15(17)18)7-16-8-13/h3-8H,9H2,1-2H3,(H,17,18). The van der Waals surface area contributed by atoms with E-state index in [9.17, 15) is 4.79 Å². The zero-order chi connectivity index (χ0) is 14.5. The molecule has 1 heterocycles. The highest BCUT2D eigenvalue weighted by atomic mass is 16.5. The van der Waals surface area contributed by atoms with E-state index in [2.05, 4.69) is 4.98 Å². The van der Waals surface area contributed by atoms with E-state index in [0.29, 0.717) is 5.75 Å². The van der Waals surface area contributed by atoms with Gasteiger partial charge in [0.05, 0.1) is 18.9 Å². The molecule has 0 saturated carbocycles. The second-order valence-corrected chi connectivity index (χ2v) is 4.32. The Kier molecular flexibility index (Phi) is 4.20. The summed E-state index contributed by atoms with van der Waals surface area (Å²) in [4.78, 5) is 14.7. The Labute approximate surface area is 116 Å². The summed E-state index contributed by atoms with van der Waals surface area (Å²) in [7, 11) is 1.60. The molecule has 0 aliphatic carbocycles. The molecule has 0 amide bonds. The van der Waals surface area contributed by atoms with Crippen LogP contribution in [0, 0.1) is 6.92 Å². The summed E-state index contributed by atoms with van der Waals surface area (Å²) in [5.74, 6) is 0.113. The number of benzene rings is 1. The molecule has 0 bridgehead atoms. The van der Waals surface area contributed by atoms with E-state index in [4.69, 9.17) is 14.6 Å². The van der Waals surface area contributed by atoms with Crippen molar-refractivity contribution in [1.29, 1.82) is 0 Å². The number of methoxy groups -OCH3 is 1. The van der Waals surface area contributed by atoms with Crippen molar-refractivity contribution in [3.05, 3.63) is 53.3 Å². The third-order valence-corrected chi connectivity index (χ3v) is 2.79. The lowest BCUT2D eigenvalue weighted by Gasteiger charge is -2.11. The van der Waals surface area contributed by atoms with Crippen LogP contribution in [0.5, 0.6) is 11.5 Å². The van der Waals surface area contributed by atoms with Crippen LogP contribution in [0.3, 0.4) is 0 Å². The average Bonchev–Trinajstić information content (AvgIpc) is 2.45. The third-order valence-electron chi connectivity index (χ3n) is 2.79. The van der Waals surface area contributed by atoms with Gasteiger partial charge >= 0.3 is 5.97 Å². The number of ether oxygens (including phenoxy) is 2. The predicted octanol–water partition coefficient (Wildman–Crippen LogP) is 2.68. The van der Waals surface area contributed by atoms with Crippen LogP contribution in [0.1, 0.15) is 21.5 Å². The summed E-state index contributed by atoms with van der Waals surface area (Å²) >= 11 is 0. The van der Waals surface area contributed by atoms with Crippen molar-refractivity contribution in [3.8, 4) is 11.5 Å². The fourth-order valence-corrected chi connectivity index (χ4v) is 1.80. The van der Waals surface area contributed by atoms with Crippen molar-refractivity contribution in [2.45, 2.75) is 13.5 Å². The van der Waals surface area contributed by atoms with E-state index in [0.717, 1.165) is 16.9 Å². The number of rotatable bonds is 5. The van der Waals surface area contributed by atoms with Crippen molar-refractivity contribution in [2.24, 2.45) is 0 Å². The number of aryl methyl sites for hydroxylation is 1. The molecule has 2 rings (SSSR count). The van der Waals surface area contributed by atoms with Crippen LogP contribution in [0.4, 0.5) is 0 Å². The van der Waals surface area contributed by atoms with Gasteiger partial charge in [0, 0.05) is 11.8 Å². The van der Waals surface area contributed by atoms with Gasteiger partial charge in [-0.1, -0.05) is 11.6 Å². The maximum atomic E-state index is 10.9. The Morgan fingerprint density at radius 1 is 1.30 bits per heavy atom. The minimum Gasteiger partial charge on any atom is -0.496 e. The van der Waals surface area contributed by atoms with Gasteiger partial charge in [-0.25, -0.2) is 4.79 Å². The van der Waals surface area contributed by atoms with Gasteiger partial charge in [0.15, 0.2) is 0 Å². The van der Waals surface area contributed by atoms with Gasteiger partial charge in [0.25, 0.3) is 0 Å². The minimum absolute atomic E-state index is 0.0960. The van der Waals surface area contributed by atoms with E-state index in [-0.39, 0.29) is 12.2 Å². The van der Waals surface area contributed by atoms with E-state index in [1.54, 1.807) is 7.11 Å². The van der Waals surface area contributed by atoms with Crippen LogP contribution >= 0.6 is 0 Å². The molecule has 0 radical (unpaired) electrons. The molecule has 5 heteroatoms. The van der Waals surface area contributed by atoms with Gasteiger partial charge in [-0.15, -0.1) is 0 Å². The molecule has 0 atom stereocenters. The largest absolute Gasteiger partial charge is 0.496 e. The Morgan fingerprint density at radius 3 is 2.80 bits per heavy atom. The normalized spacial score (nSPS) is 10.1. The molecule has 1 aromatic heterocycles. The van der Waals surface area contributed by atoms with Crippen LogP contribution in [0.15, 0.2) is 36.7 Å². The lowest BCUT2D eigenvalue weighted by molar-refractivity contribution is 0.0696.